The molecule has 2 heteroatoms. The molecule has 92 valence electrons. The van der Waals surface area contributed by atoms with Crippen LogP contribution in [0, 0.1) is 11.8 Å². The highest BCUT2D eigenvalue weighted by Gasteiger charge is 2.28. The predicted molar refractivity (Wildman–Crippen MR) is 66.4 cm³/mol. The van der Waals surface area contributed by atoms with Crippen LogP contribution in [-0.2, 0) is 4.79 Å². The van der Waals surface area contributed by atoms with Crippen LogP contribution < -0.4 is 0 Å². The Morgan fingerprint density at radius 3 is 2.19 bits per heavy atom. The molecule has 0 aromatic rings. The zero-order chi connectivity index (χ0) is 11.4. The molecule has 0 atom stereocenters. The molecule has 16 heavy (non-hydrogen) atoms. The Kier molecular flexibility index (Phi) is 4.39. The molecular weight excluding hydrogens is 198 g/mol. The molecule has 0 N–H and O–H groups in total. The van der Waals surface area contributed by atoms with Gasteiger partial charge in [-0.25, -0.2) is 0 Å². The smallest absolute Gasteiger partial charge is 0.123 e. The van der Waals surface area contributed by atoms with Crippen molar-refractivity contribution in [3.05, 3.63) is 0 Å². The van der Waals surface area contributed by atoms with E-state index < -0.39 is 0 Å². The van der Waals surface area contributed by atoms with Crippen LogP contribution in [0.1, 0.15) is 51.9 Å². The number of piperidine rings is 1. The average molecular weight is 223 g/mol. The number of hydrogen-bond donors (Lipinski definition) is 0. The summed E-state index contributed by atoms with van der Waals surface area (Å²) in [5, 5.41) is 0. The Hall–Kier alpha value is -0.370. The first-order valence-electron chi connectivity index (χ1n) is 7.02. The Labute approximate surface area is 99.4 Å². The van der Waals surface area contributed by atoms with Gasteiger partial charge in [0.15, 0.2) is 0 Å². The molecule has 0 aromatic carbocycles. The fourth-order valence-electron chi connectivity index (χ4n) is 3.34. The molecule has 0 amide bonds. The monoisotopic (exact) mass is 223 g/mol. The van der Waals surface area contributed by atoms with Crippen molar-refractivity contribution in [2.75, 3.05) is 13.1 Å². The second-order valence-electron chi connectivity index (χ2n) is 5.59. The molecular formula is C14H25NO. The van der Waals surface area contributed by atoms with Crippen molar-refractivity contribution < 1.29 is 4.79 Å². The second kappa shape index (κ2) is 5.81. The van der Waals surface area contributed by atoms with E-state index in [0.29, 0.717) is 5.92 Å². The summed E-state index contributed by atoms with van der Waals surface area (Å²) in [5.41, 5.74) is 0. The van der Waals surface area contributed by atoms with Crippen molar-refractivity contribution in [2.24, 2.45) is 11.8 Å². The summed E-state index contributed by atoms with van der Waals surface area (Å²) in [6, 6.07) is 0.829. The molecule has 2 rings (SSSR count). The quantitative estimate of drug-likeness (QED) is 0.686. The number of aldehydes is 1. The Morgan fingerprint density at radius 2 is 1.69 bits per heavy atom. The Bertz CT molecular complexity index is 213. The first-order valence-corrected chi connectivity index (χ1v) is 7.02. The minimum Gasteiger partial charge on any atom is -0.303 e. The SMILES string of the molecule is CCC1CCC(N2CCC(C=O)CC2)CC1. The topological polar surface area (TPSA) is 20.3 Å². The van der Waals surface area contributed by atoms with Crippen LogP contribution in [0.3, 0.4) is 0 Å². The van der Waals surface area contributed by atoms with Crippen LogP contribution in [0.4, 0.5) is 0 Å². The molecule has 2 aliphatic rings. The molecule has 2 fully saturated rings. The van der Waals surface area contributed by atoms with E-state index in [1.54, 1.807) is 0 Å². The molecule has 0 aromatic heterocycles. The van der Waals surface area contributed by atoms with Crippen LogP contribution >= 0.6 is 0 Å². The van der Waals surface area contributed by atoms with Gasteiger partial charge in [-0.2, -0.15) is 0 Å². The van der Waals surface area contributed by atoms with Crippen LogP contribution in [0.25, 0.3) is 0 Å². The van der Waals surface area contributed by atoms with Gasteiger partial charge < -0.3 is 9.69 Å². The summed E-state index contributed by atoms with van der Waals surface area (Å²) in [6.07, 6.45) is 10.3. The van der Waals surface area contributed by atoms with Gasteiger partial charge in [0.05, 0.1) is 0 Å². The van der Waals surface area contributed by atoms with E-state index in [4.69, 9.17) is 0 Å². The zero-order valence-electron chi connectivity index (χ0n) is 10.5. The number of likely N-dealkylation sites (tertiary alicyclic amines) is 1. The molecule has 1 saturated carbocycles. The van der Waals surface area contributed by atoms with Crippen molar-refractivity contribution in [3.63, 3.8) is 0 Å². The number of carbonyl (C=O) groups excluding carboxylic acids is 1. The van der Waals surface area contributed by atoms with Crippen LogP contribution in [0.2, 0.25) is 0 Å². The molecule has 1 heterocycles. The number of nitrogens with zero attached hydrogens (tertiary/aromatic N) is 1. The fourth-order valence-corrected chi connectivity index (χ4v) is 3.34. The van der Waals surface area contributed by atoms with Crippen molar-refractivity contribution in [1.82, 2.24) is 4.90 Å². The lowest BCUT2D eigenvalue weighted by molar-refractivity contribution is -0.112. The van der Waals surface area contributed by atoms with Crippen LogP contribution in [0.5, 0.6) is 0 Å². The predicted octanol–water partition coefficient (Wildman–Crippen LogP) is 2.87. The highest BCUT2D eigenvalue weighted by atomic mass is 16.1. The lowest BCUT2D eigenvalue weighted by Gasteiger charge is -2.39. The van der Waals surface area contributed by atoms with Gasteiger partial charge in [-0.3, -0.25) is 0 Å². The highest BCUT2D eigenvalue weighted by molar-refractivity contribution is 5.53. The van der Waals surface area contributed by atoms with Gasteiger partial charge in [-0.05, 0) is 57.5 Å². The van der Waals surface area contributed by atoms with Gasteiger partial charge >= 0.3 is 0 Å². The molecule has 1 aliphatic heterocycles. The average Bonchev–Trinajstić information content (AvgIpc) is 2.39. The van der Waals surface area contributed by atoms with Gasteiger partial charge in [0.25, 0.3) is 0 Å². The lowest BCUT2D eigenvalue weighted by Crippen LogP contribution is -2.43. The summed E-state index contributed by atoms with van der Waals surface area (Å²) in [6.45, 7) is 4.64. The van der Waals surface area contributed by atoms with Crippen molar-refractivity contribution >= 4 is 6.29 Å². The van der Waals surface area contributed by atoms with Crippen molar-refractivity contribution in [1.29, 1.82) is 0 Å². The fraction of sp³-hybridized carbons (Fsp3) is 0.929. The van der Waals surface area contributed by atoms with E-state index >= 15 is 0 Å². The molecule has 0 unspecified atom stereocenters. The van der Waals surface area contributed by atoms with Crippen molar-refractivity contribution in [2.45, 2.75) is 57.9 Å². The second-order valence-corrected chi connectivity index (χ2v) is 5.59. The van der Waals surface area contributed by atoms with E-state index in [9.17, 15) is 4.79 Å². The maximum Gasteiger partial charge on any atom is 0.123 e. The summed E-state index contributed by atoms with van der Waals surface area (Å²) < 4.78 is 0. The minimum atomic E-state index is 0.350. The Morgan fingerprint density at radius 1 is 1.06 bits per heavy atom. The maximum absolute atomic E-state index is 10.7. The molecule has 0 spiro atoms. The van der Waals surface area contributed by atoms with Crippen LogP contribution in [-0.4, -0.2) is 30.3 Å². The third-order valence-electron chi connectivity index (χ3n) is 4.68. The van der Waals surface area contributed by atoms with Gasteiger partial charge in [0, 0.05) is 12.0 Å². The number of rotatable bonds is 3. The van der Waals surface area contributed by atoms with Gasteiger partial charge in [-0.15, -0.1) is 0 Å². The van der Waals surface area contributed by atoms with E-state index in [1.807, 2.05) is 0 Å². The van der Waals surface area contributed by atoms with Crippen LogP contribution in [0.15, 0.2) is 0 Å². The third-order valence-corrected chi connectivity index (χ3v) is 4.68. The van der Waals surface area contributed by atoms with Crippen molar-refractivity contribution in [3.8, 4) is 0 Å². The van der Waals surface area contributed by atoms with Gasteiger partial charge in [-0.1, -0.05) is 13.3 Å². The maximum atomic E-state index is 10.7. The van der Waals surface area contributed by atoms with Gasteiger partial charge in [0.2, 0.25) is 0 Å². The summed E-state index contributed by atoms with van der Waals surface area (Å²) in [7, 11) is 0. The molecule has 0 bridgehead atoms. The largest absolute Gasteiger partial charge is 0.303 e. The first-order chi connectivity index (χ1) is 7.83. The minimum absolute atomic E-state index is 0.350. The Balaban J connectivity index is 1.75. The first kappa shape index (κ1) is 12.1. The standard InChI is InChI=1S/C14H25NO/c1-2-12-3-5-14(6-4-12)15-9-7-13(11-16)8-10-15/h11-14H,2-10H2,1H3. The molecule has 2 nitrogen and oxygen atoms in total. The van der Waals surface area contributed by atoms with E-state index in [0.717, 1.165) is 44.2 Å². The van der Waals surface area contributed by atoms with E-state index in [-0.39, 0.29) is 0 Å². The third kappa shape index (κ3) is 2.85. The number of hydrogen-bond acceptors (Lipinski definition) is 2. The van der Waals surface area contributed by atoms with E-state index in [1.165, 1.54) is 32.1 Å². The summed E-state index contributed by atoms with van der Waals surface area (Å²) in [5.74, 6) is 1.34. The summed E-state index contributed by atoms with van der Waals surface area (Å²) in [4.78, 5) is 13.4. The zero-order valence-corrected chi connectivity index (χ0v) is 10.5. The van der Waals surface area contributed by atoms with Gasteiger partial charge in [0.1, 0.15) is 6.29 Å². The molecule has 1 aliphatic carbocycles. The highest BCUT2D eigenvalue weighted by Crippen LogP contribution is 2.31. The lowest BCUT2D eigenvalue weighted by atomic mass is 9.83. The summed E-state index contributed by atoms with van der Waals surface area (Å²) >= 11 is 0. The molecule has 0 radical (unpaired) electrons. The normalized spacial score (nSPS) is 33.8. The number of carbonyl (C=O) groups is 1. The molecule has 1 saturated heterocycles. The van der Waals surface area contributed by atoms with E-state index in [2.05, 4.69) is 11.8 Å².